The van der Waals surface area contributed by atoms with Crippen molar-refractivity contribution in [1.29, 1.82) is 0 Å². The molecule has 110 valence electrons. The fourth-order valence-corrected chi connectivity index (χ4v) is 1.63. The van der Waals surface area contributed by atoms with E-state index >= 15 is 0 Å². The molecule has 0 fully saturated rings. The second kappa shape index (κ2) is 7.84. The number of nitrogens with one attached hydrogen (secondary N) is 2. The van der Waals surface area contributed by atoms with E-state index in [0.29, 0.717) is 13.0 Å². The van der Waals surface area contributed by atoms with Crippen molar-refractivity contribution >= 4 is 29.2 Å². The summed E-state index contributed by atoms with van der Waals surface area (Å²) in [6, 6.07) is 4.08. The largest absolute Gasteiger partial charge is 0.478 e. The minimum atomic E-state index is -1.09. The Morgan fingerprint density at radius 3 is 2.70 bits per heavy atom. The molecular formula is C13H17ClN2O4. The van der Waals surface area contributed by atoms with Crippen LogP contribution in [0.5, 0.6) is 0 Å². The molecule has 0 saturated heterocycles. The maximum absolute atomic E-state index is 11.6. The summed E-state index contributed by atoms with van der Waals surface area (Å²) < 4.78 is 0. The highest BCUT2D eigenvalue weighted by atomic mass is 35.5. The van der Waals surface area contributed by atoms with Crippen LogP contribution in [0.15, 0.2) is 18.2 Å². The van der Waals surface area contributed by atoms with Gasteiger partial charge in [-0.05, 0) is 38.1 Å². The molecule has 1 rings (SSSR count). The van der Waals surface area contributed by atoms with Crippen LogP contribution in [0.1, 0.15) is 23.7 Å². The van der Waals surface area contributed by atoms with Gasteiger partial charge in [0.15, 0.2) is 0 Å². The SMILES string of the molecule is CC(O)CCNCC(=O)Nc1cc(C(=O)O)ccc1Cl. The number of benzene rings is 1. The third kappa shape index (κ3) is 5.56. The highest BCUT2D eigenvalue weighted by Crippen LogP contribution is 2.22. The van der Waals surface area contributed by atoms with Gasteiger partial charge in [0, 0.05) is 0 Å². The molecule has 0 bridgehead atoms. The predicted molar refractivity (Wildman–Crippen MR) is 76.2 cm³/mol. The van der Waals surface area contributed by atoms with Gasteiger partial charge in [-0.25, -0.2) is 4.79 Å². The summed E-state index contributed by atoms with van der Waals surface area (Å²) in [6.45, 7) is 2.23. The van der Waals surface area contributed by atoms with Crippen LogP contribution in [0, 0.1) is 0 Å². The quantitative estimate of drug-likeness (QED) is 0.570. The van der Waals surface area contributed by atoms with Gasteiger partial charge in [0.25, 0.3) is 0 Å². The molecule has 0 heterocycles. The van der Waals surface area contributed by atoms with Gasteiger partial charge in [-0.2, -0.15) is 0 Å². The standard InChI is InChI=1S/C13H17ClN2O4/c1-8(17)4-5-15-7-12(18)16-11-6-9(13(19)20)2-3-10(11)14/h2-3,6,8,15,17H,4-5,7H2,1H3,(H,16,18)(H,19,20). The van der Waals surface area contributed by atoms with Gasteiger partial charge in [0.05, 0.1) is 28.9 Å². The first-order valence-electron chi connectivity index (χ1n) is 6.11. The lowest BCUT2D eigenvalue weighted by Gasteiger charge is -2.09. The Bertz CT molecular complexity index is 491. The second-order valence-electron chi connectivity index (χ2n) is 4.36. The number of carboxylic acid groups (broad SMARTS) is 1. The average molecular weight is 301 g/mol. The Morgan fingerprint density at radius 2 is 2.10 bits per heavy atom. The van der Waals surface area contributed by atoms with Crippen LogP contribution in [0.2, 0.25) is 5.02 Å². The number of carbonyl (C=O) groups excluding carboxylic acids is 1. The number of anilines is 1. The molecule has 4 N–H and O–H groups in total. The van der Waals surface area contributed by atoms with Crippen molar-refractivity contribution in [3.8, 4) is 0 Å². The van der Waals surface area contributed by atoms with Crippen LogP contribution >= 0.6 is 11.6 Å². The van der Waals surface area contributed by atoms with Crippen molar-refractivity contribution in [2.75, 3.05) is 18.4 Å². The number of amides is 1. The Kier molecular flexibility index (Phi) is 6.44. The molecule has 7 heteroatoms. The smallest absolute Gasteiger partial charge is 0.335 e. The van der Waals surface area contributed by atoms with Gasteiger partial charge in [-0.1, -0.05) is 11.6 Å². The first-order chi connectivity index (χ1) is 9.40. The van der Waals surface area contributed by atoms with Gasteiger partial charge in [-0.15, -0.1) is 0 Å². The van der Waals surface area contributed by atoms with E-state index in [1.54, 1.807) is 6.92 Å². The maximum Gasteiger partial charge on any atom is 0.335 e. The number of aliphatic hydroxyl groups excluding tert-OH is 1. The van der Waals surface area contributed by atoms with Gasteiger partial charge < -0.3 is 20.8 Å². The Morgan fingerprint density at radius 1 is 1.40 bits per heavy atom. The van der Waals surface area contributed by atoms with E-state index in [4.69, 9.17) is 21.8 Å². The van der Waals surface area contributed by atoms with E-state index < -0.39 is 12.1 Å². The van der Waals surface area contributed by atoms with Crippen LogP contribution < -0.4 is 10.6 Å². The number of carbonyl (C=O) groups is 2. The number of rotatable bonds is 7. The van der Waals surface area contributed by atoms with Crippen molar-refractivity contribution in [2.24, 2.45) is 0 Å². The lowest BCUT2D eigenvalue weighted by Crippen LogP contribution is -2.30. The predicted octanol–water partition coefficient (Wildman–Crippen LogP) is 1.34. The number of carboxylic acids is 1. The third-order valence-corrected chi connectivity index (χ3v) is 2.84. The first-order valence-corrected chi connectivity index (χ1v) is 6.49. The zero-order valence-electron chi connectivity index (χ0n) is 11.0. The minimum Gasteiger partial charge on any atom is -0.478 e. The molecule has 6 nitrogen and oxygen atoms in total. The Hall–Kier alpha value is -1.63. The monoisotopic (exact) mass is 300 g/mol. The summed E-state index contributed by atoms with van der Waals surface area (Å²) in [6.07, 6.45) is 0.120. The van der Waals surface area contributed by atoms with E-state index in [2.05, 4.69) is 10.6 Å². The van der Waals surface area contributed by atoms with Crippen LogP contribution in [0.3, 0.4) is 0 Å². The molecule has 20 heavy (non-hydrogen) atoms. The lowest BCUT2D eigenvalue weighted by atomic mass is 10.2. The van der Waals surface area contributed by atoms with Crippen LogP contribution in [-0.4, -0.2) is 41.3 Å². The van der Waals surface area contributed by atoms with E-state index in [1.807, 2.05) is 0 Å². The number of hydrogen-bond acceptors (Lipinski definition) is 4. The van der Waals surface area contributed by atoms with Crippen LogP contribution in [0.4, 0.5) is 5.69 Å². The summed E-state index contributed by atoms with van der Waals surface area (Å²) in [5.74, 6) is -1.42. The van der Waals surface area contributed by atoms with Gasteiger partial charge in [-0.3, -0.25) is 4.79 Å². The fraction of sp³-hybridized carbons (Fsp3) is 0.385. The summed E-state index contributed by atoms with van der Waals surface area (Å²) in [5.41, 5.74) is 0.306. The molecule has 1 aromatic carbocycles. The molecule has 0 saturated carbocycles. The molecule has 0 aliphatic rings. The lowest BCUT2D eigenvalue weighted by molar-refractivity contribution is -0.115. The zero-order chi connectivity index (χ0) is 15.1. The Balaban J connectivity index is 2.53. The van der Waals surface area contributed by atoms with E-state index in [-0.39, 0.29) is 28.7 Å². The zero-order valence-corrected chi connectivity index (χ0v) is 11.8. The number of aromatic carboxylic acids is 1. The van der Waals surface area contributed by atoms with E-state index in [1.165, 1.54) is 18.2 Å². The number of halogens is 1. The normalized spacial score (nSPS) is 11.9. The Labute approximate surface area is 121 Å². The molecule has 0 spiro atoms. The van der Waals surface area contributed by atoms with Gasteiger partial charge >= 0.3 is 5.97 Å². The van der Waals surface area contributed by atoms with E-state index in [9.17, 15) is 9.59 Å². The third-order valence-electron chi connectivity index (χ3n) is 2.51. The second-order valence-corrected chi connectivity index (χ2v) is 4.77. The van der Waals surface area contributed by atoms with Crippen LogP contribution in [-0.2, 0) is 4.79 Å². The molecular weight excluding hydrogens is 284 g/mol. The number of hydrogen-bond donors (Lipinski definition) is 4. The molecule has 0 radical (unpaired) electrons. The molecule has 0 aliphatic heterocycles. The molecule has 0 aromatic heterocycles. The van der Waals surface area contributed by atoms with Crippen LogP contribution in [0.25, 0.3) is 0 Å². The topological polar surface area (TPSA) is 98.7 Å². The average Bonchev–Trinajstić information content (AvgIpc) is 2.37. The molecule has 1 atom stereocenters. The molecule has 1 unspecified atom stereocenters. The highest BCUT2D eigenvalue weighted by molar-refractivity contribution is 6.33. The van der Waals surface area contributed by atoms with Crippen molar-refractivity contribution in [2.45, 2.75) is 19.4 Å². The summed E-state index contributed by atoms with van der Waals surface area (Å²) in [7, 11) is 0. The minimum absolute atomic E-state index is 0.0479. The molecule has 1 aromatic rings. The summed E-state index contributed by atoms with van der Waals surface area (Å²) in [4.78, 5) is 22.5. The van der Waals surface area contributed by atoms with E-state index in [0.717, 1.165) is 0 Å². The van der Waals surface area contributed by atoms with Gasteiger partial charge in [0.2, 0.25) is 5.91 Å². The summed E-state index contributed by atoms with van der Waals surface area (Å²) >= 11 is 5.89. The first kappa shape index (κ1) is 16.4. The van der Waals surface area contributed by atoms with Crippen molar-refractivity contribution in [3.05, 3.63) is 28.8 Å². The highest BCUT2D eigenvalue weighted by Gasteiger charge is 2.10. The van der Waals surface area contributed by atoms with Gasteiger partial charge in [0.1, 0.15) is 0 Å². The number of aliphatic hydroxyl groups is 1. The summed E-state index contributed by atoms with van der Waals surface area (Å²) in [5, 5.41) is 23.6. The maximum atomic E-state index is 11.6. The van der Waals surface area contributed by atoms with Crippen molar-refractivity contribution in [3.63, 3.8) is 0 Å². The van der Waals surface area contributed by atoms with Crippen molar-refractivity contribution < 1.29 is 19.8 Å². The fourth-order valence-electron chi connectivity index (χ4n) is 1.46. The molecule has 0 aliphatic carbocycles. The van der Waals surface area contributed by atoms with Crippen molar-refractivity contribution in [1.82, 2.24) is 5.32 Å². The molecule has 1 amide bonds.